The van der Waals surface area contributed by atoms with Crippen LogP contribution < -0.4 is 10.1 Å². The number of pyridine rings is 1. The second kappa shape index (κ2) is 9.91. The zero-order chi connectivity index (χ0) is 24.2. The third-order valence-electron chi connectivity index (χ3n) is 5.58. The number of carbonyl (C=O) groups excluding carboxylic acids is 2. The van der Waals surface area contributed by atoms with Crippen molar-refractivity contribution < 1.29 is 14.3 Å². The first-order valence-corrected chi connectivity index (χ1v) is 11.5. The van der Waals surface area contributed by atoms with Gasteiger partial charge in [-0.2, -0.15) is 0 Å². The van der Waals surface area contributed by atoms with E-state index in [0.717, 1.165) is 5.69 Å². The minimum absolute atomic E-state index is 0.0414. The van der Waals surface area contributed by atoms with E-state index in [0.29, 0.717) is 28.5 Å². The van der Waals surface area contributed by atoms with Crippen LogP contribution in [0.1, 0.15) is 50.4 Å². The van der Waals surface area contributed by atoms with Crippen LogP contribution >= 0.6 is 0 Å². The number of hydrogen-bond acceptors (Lipinski definition) is 5. The predicted molar refractivity (Wildman–Crippen MR) is 133 cm³/mol. The van der Waals surface area contributed by atoms with Gasteiger partial charge in [0.25, 0.3) is 11.8 Å². The van der Waals surface area contributed by atoms with Gasteiger partial charge in [-0.3, -0.25) is 19.5 Å². The fourth-order valence-electron chi connectivity index (χ4n) is 3.83. The van der Waals surface area contributed by atoms with Gasteiger partial charge in [0.2, 0.25) is 0 Å². The molecule has 1 aliphatic rings. The predicted octanol–water partition coefficient (Wildman–Crippen LogP) is 5.38. The summed E-state index contributed by atoms with van der Waals surface area (Å²) in [5.41, 5.74) is 3.84. The molecule has 0 bridgehead atoms. The van der Waals surface area contributed by atoms with Crippen molar-refractivity contribution in [1.29, 1.82) is 0 Å². The number of imide groups is 1. The van der Waals surface area contributed by atoms with Gasteiger partial charge in [0, 0.05) is 11.9 Å². The smallest absolute Gasteiger partial charge is 0.278 e. The van der Waals surface area contributed by atoms with Crippen molar-refractivity contribution in [1.82, 2.24) is 9.88 Å². The summed E-state index contributed by atoms with van der Waals surface area (Å²) in [6.07, 6.45) is 1.69. The lowest BCUT2D eigenvalue weighted by Crippen LogP contribution is -2.32. The summed E-state index contributed by atoms with van der Waals surface area (Å²) in [6, 6.07) is 20.6. The zero-order valence-corrected chi connectivity index (χ0v) is 19.9. The van der Waals surface area contributed by atoms with Gasteiger partial charge in [-0.25, -0.2) is 0 Å². The van der Waals surface area contributed by atoms with Gasteiger partial charge in [-0.15, -0.1) is 0 Å². The van der Waals surface area contributed by atoms with Crippen LogP contribution in [0.3, 0.4) is 0 Å². The summed E-state index contributed by atoms with van der Waals surface area (Å²) in [7, 11) is 0. The number of amides is 2. The Balaban J connectivity index is 1.69. The van der Waals surface area contributed by atoms with Crippen molar-refractivity contribution in [2.45, 2.75) is 46.3 Å². The molecule has 0 aliphatic carbocycles. The SMILES string of the molecule is CC(C)Oc1ccc(C2=C(Nc3ccc(C(C)C)cc3)C(=O)N(Cc3ccccn3)C2=O)cc1. The molecule has 1 N–H and O–H groups in total. The first-order chi connectivity index (χ1) is 16.3. The molecule has 2 heterocycles. The fourth-order valence-corrected chi connectivity index (χ4v) is 3.83. The van der Waals surface area contributed by atoms with Crippen LogP contribution in [0.2, 0.25) is 0 Å². The highest BCUT2D eigenvalue weighted by Gasteiger charge is 2.39. The number of aromatic nitrogens is 1. The standard InChI is InChI=1S/C28H29N3O3/c1-18(2)20-8-12-22(13-9-20)30-26-25(21-10-14-24(15-11-21)34-19(3)4)27(32)31(28(26)33)17-23-7-5-6-16-29-23/h5-16,18-19,30H,17H2,1-4H3. The van der Waals surface area contributed by atoms with Crippen LogP contribution in [0.4, 0.5) is 5.69 Å². The number of carbonyl (C=O) groups is 2. The average molecular weight is 456 g/mol. The maximum Gasteiger partial charge on any atom is 0.278 e. The van der Waals surface area contributed by atoms with Crippen LogP contribution in [0.5, 0.6) is 5.75 Å². The number of benzene rings is 2. The van der Waals surface area contributed by atoms with E-state index in [2.05, 4.69) is 24.1 Å². The zero-order valence-electron chi connectivity index (χ0n) is 19.9. The maximum atomic E-state index is 13.5. The summed E-state index contributed by atoms with van der Waals surface area (Å²) in [6.45, 7) is 8.28. The van der Waals surface area contributed by atoms with Crippen LogP contribution in [-0.4, -0.2) is 27.8 Å². The quantitative estimate of drug-likeness (QED) is 0.462. The Morgan fingerprint density at radius 3 is 2.18 bits per heavy atom. The lowest BCUT2D eigenvalue weighted by atomic mass is 10.0. The number of hydrogen-bond donors (Lipinski definition) is 1. The van der Waals surface area contributed by atoms with Gasteiger partial charge in [-0.1, -0.05) is 44.2 Å². The Morgan fingerprint density at radius 1 is 0.882 bits per heavy atom. The van der Waals surface area contributed by atoms with Crippen LogP contribution in [0.15, 0.2) is 78.6 Å². The lowest BCUT2D eigenvalue weighted by Gasteiger charge is -2.15. The Kier molecular flexibility index (Phi) is 6.77. The Morgan fingerprint density at radius 2 is 1.59 bits per heavy atom. The summed E-state index contributed by atoms with van der Waals surface area (Å²) in [5, 5.41) is 3.21. The second-order valence-electron chi connectivity index (χ2n) is 8.86. The minimum atomic E-state index is -0.374. The normalized spacial score (nSPS) is 13.9. The molecular formula is C28H29N3O3. The molecule has 0 fully saturated rings. The highest BCUT2D eigenvalue weighted by molar-refractivity contribution is 6.36. The number of rotatable bonds is 8. The molecule has 0 saturated heterocycles. The molecule has 3 aromatic rings. The minimum Gasteiger partial charge on any atom is -0.491 e. The van der Waals surface area contributed by atoms with Crippen molar-refractivity contribution in [2.75, 3.05) is 5.32 Å². The molecule has 1 aliphatic heterocycles. The van der Waals surface area contributed by atoms with Crippen molar-refractivity contribution in [3.8, 4) is 5.75 Å². The molecule has 2 aromatic carbocycles. The monoisotopic (exact) mass is 455 g/mol. The van der Waals surface area contributed by atoms with Crippen molar-refractivity contribution >= 4 is 23.1 Å². The molecule has 4 rings (SSSR count). The molecule has 2 amide bonds. The molecule has 0 unspecified atom stereocenters. The van der Waals surface area contributed by atoms with Crippen molar-refractivity contribution in [3.63, 3.8) is 0 Å². The highest BCUT2D eigenvalue weighted by Crippen LogP contribution is 2.32. The molecule has 1 aromatic heterocycles. The summed E-state index contributed by atoms with van der Waals surface area (Å²) in [5.74, 6) is 0.384. The maximum absolute atomic E-state index is 13.5. The van der Waals surface area contributed by atoms with E-state index in [1.165, 1.54) is 10.5 Å². The van der Waals surface area contributed by atoms with Crippen molar-refractivity contribution in [3.05, 3.63) is 95.4 Å². The van der Waals surface area contributed by atoms with E-state index < -0.39 is 0 Å². The first kappa shape index (κ1) is 23.2. The van der Waals surface area contributed by atoms with E-state index in [9.17, 15) is 9.59 Å². The molecule has 6 nitrogen and oxygen atoms in total. The van der Waals surface area contributed by atoms with Gasteiger partial charge < -0.3 is 10.1 Å². The Labute approximate surface area is 200 Å². The largest absolute Gasteiger partial charge is 0.491 e. The molecule has 34 heavy (non-hydrogen) atoms. The van der Waals surface area contributed by atoms with Gasteiger partial charge in [-0.05, 0) is 67.3 Å². The summed E-state index contributed by atoms with van der Waals surface area (Å²) < 4.78 is 5.73. The molecule has 174 valence electrons. The van der Waals surface area contributed by atoms with E-state index in [-0.39, 0.29) is 30.2 Å². The third kappa shape index (κ3) is 5.01. The Hall–Kier alpha value is -3.93. The lowest BCUT2D eigenvalue weighted by molar-refractivity contribution is -0.137. The van der Waals surface area contributed by atoms with Crippen LogP contribution in [-0.2, 0) is 16.1 Å². The average Bonchev–Trinajstić information content (AvgIpc) is 3.04. The number of nitrogens with one attached hydrogen (secondary N) is 1. The van der Waals surface area contributed by atoms with Crippen LogP contribution in [0.25, 0.3) is 5.57 Å². The molecule has 0 saturated carbocycles. The van der Waals surface area contributed by atoms with E-state index in [1.807, 2.05) is 68.4 Å². The van der Waals surface area contributed by atoms with Crippen LogP contribution in [0, 0.1) is 0 Å². The summed E-state index contributed by atoms with van der Waals surface area (Å²) in [4.78, 5) is 32.4. The van der Waals surface area contributed by atoms with Gasteiger partial charge in [0.05, 0.1) is 23.9 Å². The van der Waals surface area contributed by atoms with Gasteiger partial charge in [0.1, 0.15) is 11.4 Å². The van der Waals surface area contributed by atoms with Crippen molar-refractivity contribution in [2.24, 2.45) is 0 Å². The second-order valence-corrected chi connectivity index (χ2v) is 8.86. The first-order valence-electron chi connectivity index (χ1n) is 11.5. The molecule has 0 radical (unpaired) electrons. The molecule has 0 spiro atoms. The Bertz CT molecular complexity index is 1200. The van der Waals surface area contributed by atoms with E-state index in [1.54, 1.807) is 18.3 Å². The number of nitrogens with zero attached hydrogens (tertiary/aromatic N) is 2. The number of ether oxygens (including phenoxy) is 1. The third-order valence-corrected chi connectivity index (χ3v) is 5.58. The van der Waals surface area contributed by atoms with Gasteiger partial charge in [0.15, 0.2) is 0 Å². The van der Waals surface area contributed by atoms with E-state index in [4.69, 9.17) is 4.74 Å². The van der Waals surface area contributed by atoms with E-state index >= 15 is 0 Å². The highest BCUT2D eigenvalue weighted by atomic mass is 16.5. The topological polar surface area (TPSA) is 71.5 Å². The molecule has 0 atom stereocenters. The molecule has 6 heteroatoms. The fraction of sp³-hybridized carbons (Fsp3) is 0.250. The molecular weight excluding hydrogens is 426 g/mol. The van der Waals surface area contributed by atoms with Gasteiger partial charge >= 0.3 is 0 Å². The number of anilines is 1. The summed E-state index contributed by atoms with van der Waals surface area (Å²) >= 11 is 0.